The summed E-state index contributed by atoms with van der Waals surface area (Å²) < 4.78 is 5.42. The number of benzene rings is 2. The fourth-order valence-electron chi connectivity index (χ4n) is 3.78. The normalized spacial score (nSPS) is 18.5. The molecule has 2 atom stereocenters. The number of ether oxygens (including phenoxy) is 1. The lowest BCUT2D eigenvalue weighted by Gasteiger charge is -2.34. The van der Waals surface area contributed by atoms with Gasteiger partial charge in [-0.25, -0.2) is 0 Å². The number of morpholine rings is 1. The van der Waals surface area contributed by atoms with Gasteiger partial charge in [0.05, 0.1) is 18.2 Å². The Morgan fingerprint density at radius 2 is 2.16 bits per heavy atom. The summed E-state index contributed by atoms with van der Waals surface area (Å²) in [6.07, 6.45) is -3.14. The van der Waals surface area contributed by atoms with Crippen LogP contribution >= 0.6 is 0 Å². The molecule has 32 heavy (non-hydrogen) atoms. The van der Waals surface area contributed by atoms with Crippen LogP contribution in [-0.4, -0.2) is 48.2 Å². The molecule has 0 radical (unpaired) electrons. The van der Waals surface area contributed by atoms with E-state index >= 15 is 0 Å². The van der Waals surface area contributed by atoms with E-state index in [-0.39, 0.29) is 25.6 Å². The van der Waals surface area contributed by atoms with Gasteiger partial charge in [0.2, 0.25) is 0 Å². The Hall–Kier alpha value is -3.78. The molecule has 10 heteroatoms. The van der Waals surface area contributed by atoms with Crippen LogP contribution in [0.5, 0.6) is 0 Å². The topological polar surface area (TPSA) is 158 Å². The third-order valence-corrected chi connectivity index (χ3v) is 5.47. The lowest BCUT2D eigenvalue weighted by atomic mass is 10.1. The number of aliphatic hydroxyl groups excluding tert-OH is 1. The summed E-state index contributed by atoms with van der Waals surface area (Å²) in [6, 6.07) is 11.6. The molecule has 164 valence electrons. The second-order valence-electron chi connectivity index (χ2n) is 7.43. The van der Waals surface area contributed by atoms with Gasteiger partial charge in [0.1, 0.15) is 0 Å². The first kappa shape index (κ1) is 21.5. The number of amides is 3. The van der Waals surface area contributed by atoms with E-state index in [1.165, 1.54) is 17.0 Å². The quantitative estimate of drug-likeness (QED) is 0.514. The smallest absolute Gasteiger partial charge is 0.259 e. The molecule has 2 aromatic carbocycles. The minimum absolute atomic E-state index is 0.107. The molecule has 2 aliphatic rings. The highest BCUT2D eigenvalue weighted by molar-refractivity contribution is 6.04. The van der Waals surface area contributed by atoms with Gasteiger partial charge in [-0.3, -0.25) is 14.4 Å². The average molecular weight is 435 g/mol. The molecule has 1 fully saturated rings. The second-order valence-corrected chi connectivity index (χ2v) is 7.43. The summed E-state index contributed by atoms with van der Waals surface area (Å²) in [5.41, 5.74) is 8.79. The van der Waals surface area contributed by atoms with Crippen molar-refractivity contribution in [1.29, 1.82) is 5.26 Å². The van der Waals surface area contributed by atoms with Crippen LogP contribution in [0.2, 0.25) is 0 Å². The first-order valence-electron chi connectivity index (χ1n) is 9.99. The average Bonchev–Trinajstić information content (AvgIpc) is 3.18. The van der Waals surface area contributed by atoms with Gasteiger partial charge >= 0.3 is 0 Å². The summed E-state index contributed by atoms with van der Waals surface area (Å²) in [5, 5.41) is 24.9. The van der Waals surface area contributed by atoms with Gasteiger partial charge in [-0.2, -0.15) is 5.26 Å². The van der Waals surface area contributed by atoms with E-state index in [0.29, 0.717) is 34.6 Å². The molecule has 2 heterocycles. The van der Waals surface area contributed by atoms with Gasteiger partial charge in [0.15, 0.2) is 12.2 Å². The van der Waals surface area contributed by atoms with Crippen LogP contribution in [0.3, 0.4) is 0 Å². The molecule has 10 nitrogen and oxygen atoms in total. The Bertz CT molecular complexity index is 1140. The summed E-state index contributed by atoms with van der Waals surface area (Å²) in [6.45, 7) is 0.864. The number of nitrogens with zero attached hydrogens (tertiary/aromatic N) is 2. The van der Waals surface area contributed by atoms with Gasteiger partial charge in [-0.1, -0.05) is 0 Å². The number of fused-ring (bicyclic) bond motifs is 1. The molecule has 0 bridgehead atoms. The zero-order valence-electron chi connectivity index (χ0n) is 17.0. The maximum absolute atomic E-state index is 13.0. The summed E-state index contributed by atoms with van der Waals surface area (Å²) in [4.78, 5) is 38.8. The van der Waals surface area contributed by atoms with Crippen LogP contribution in [0, 0.1) is 11.3 Å². The van der Waals surface area contributed by atoms with Crippen LogP contribution in [0.4, 0.5) is 11.4 Å². The summed E-state index contributed by atoms with van der Waals surface area (Å²) in [7, 11) is 0. The van der Waals surface area contributed by atoms with Crippen molar-refractivity contribution in [3.8, 4) is 6.07 Å². The third kappa shape index (κ3) is 3.92. The van der Waals surface area contributed by atoms with E-state index in [1.54, 1.807) is 24.3 Å². The van der Waals surface area contributed by atoms with Crippen molar-refractivity contribution in [2.45, 2.75) is 25.3 Å². The fraction of sp³-hybridized carbons (Fsp3) is 0.273. The molecule has 0 aromatic heterocycles. The maximum atomic E-state index is 13.0. The molecule has 5 N–H and O–H groups in total. The zero-order chi connectivity index (χ0) is 22.8. The van der Waals surface area contributed by atoms with Gasteiger partial charge < -0.3 is 31.1 Å². The van der Waals surface area contributed by atoms with E-state index in [4.69, 9.17) is 15.7 Å². The fourth-order valence-corrected chi connectivity index (χ4v) is 3.78. The first-order valence-corrected chi connectivity index (χ1v) is 9.99. The Labute approximate surface area is 183 Å². The third-order valence-electron chi connectivity index (χ3n) is 5.47. The number of nitrogens with one attached hydrogen (secondary N) is 2. The molecule has 0 aliphatic carbocycles. The minimum Gasteiger partial charge on any atom is -0.380 e. The van der Waals surface area contributed by atoms with Crippen LogP contribution in [0.1, 0.15) is 27.0 Å². The van der Waals surface area contributed by atoms with Crippen molar-refractivity contribution in [3.05, 3.63) is 58.7 Å². The Kier molecular flexibility index (Phi) is 5.87. The number of anilines is 2. The summed E-state index contributed by atoms with van der Waals surface area (Å²) in [5.74, 6) is -1.54. The van der Waals surface area contributed by atoms with Crippen molar-refractivity contribution in [2.75, 3.05) is 23.4 Å². The lowest BCUT2D eigenvalue weighted by molar-refractivity contribution is -0.150. The van der Waals surface area contributed by atoms with E-state index in [2.05, 4.69) is 10.6 Å². The molecular weight excluding hydrogens is 414 g/mol. The molecule has 4 rings (SSSR count). The molecular formula is C22H21N5O5. The van der Waals surface area contributed by atoms with E-state index in [1.807, 2.05) is 6.07 Å². The molecule has 3 amide bonds. The largest absolute Gasteiger partial charge is 0.380 e. The van der Waals surface area contributed by atoms with Gasteiger partial charge in [0, 0.05) is 36.6 Å². The molecule has 1 saturated heterocycles. The van der Waals surface area contributed by atoms with Crippen LogP contribution in [0.15, 0.2) is 36.4 Å². The van der Waals surface area contributed by atoms with Crippen molar-refractivity contribution in [2.24, 2.45) is 5.73 Å². The SMILES string of the molecule is N#Cc1ccc(NC(=O)[C@H](O)[C@H]2OCCN(c3ccc4c(c3)CNC4=O)C2=O)cc1CN. The molecule has 2 aromatic rings. The van der Waals surface area contributed by atoms with E-state index in [9.17, 15) is 19.5 Å². The summed E-state index contributed by atoms with van der Waals surface area (Å²) >= 11 is 0. The van der Waals surface area contributed by atoms with Crippen molar-refractivity contribution >= 4 is 29.1 Å². The number of carbonyl (C=O) groups excluding carboxylic acids is 3. The molecule has 0 spiro atoms. The predicted octanol–water partition coefficient (Wildman–Crippen LogP) is -0.00822. The van der Waals surface area contributed by atoms with Crippen LogP contribution in [0.25, 0.3) is 0 Å². The predicted molar refractivity (Wildman–Crippen MR) is 113 cm³/mol. The van der Waals surface area contributed by atoms with Crippen molar-refractivity contribution in [3.63, 3.8) is 0 Å². The highest BCUT2D eigenvalue weighted by Gasteiger charge is 2.39. The number of rotatable bonds is 5. The Morgan fingerprint density at radius 3 is 2.91 bits per heavy atom. The molecule has 0 saturated carbocycles. The first-order chi connectivity index (χ1) is 15.4. The number of hydrogen-bond donors (Lipinski definition) is 4. The zero-order valence-corrected chi connectivity index (χ0v) is 17.0. The van der Waals surface area contributed by atoms with Gasteiger partial charge in [-0.05, 0) is 47.5 Å². The number of carbonyl (C=O) groups is 3. The second kappa shape index (κ2) is 8.76. The molecule has 0 unspecified atom stereocenters. The number of hydrogen-bond acceptors (Lipinski definition) is 7. The molecule has 2 aliphatic heterocycles. The number of nitriles is 1. The van der Waals surface area contributed by atoms with Crippen molar-refractivity contribution in [1.82, 2.24) is 5.32 Å². The monoisotopic (exact) mass is 435 g/mol. The van der Waals surface area contributed by atoms with E-state index in [0.717, 1.165) is 5.56 Å². The van der Waals surface area contributed by atoms with Crippen LogP contribution < -0.4 is 21.3 Å². The Balaban J connectivity index is 1.48. The van der Waals surface area contributed by atoms with E-state index < -0.39 is 24.0 Å². The lowest BCUT2D eigenvalue weighted by Crippen LogP contribution is -2.55. The number of aliphatic hydroxyl groups is 1. The minimum atomic E-state index is -1.75. The van der Waals surface area contributed by atoms with Crippen molar-refractivity contribution < 1.29 is 24.2 Å². The highest BCUT2D eigenvalue weighted by Crippen LogP contribution is 2.26. The maximum Gasteiger partial charge on any atom is 0.259 e. The standard InChI is InChI=1S/C22H21N5O5/c23-9-12-1-2-15(7-13(12)10-24)26-21(30)18(28)19-22(31)27(5-6-32-19)16-3-4-17-14(8-16)11-25-20(17)29/h1-4,7-8,18-19,28H,5-6,10-11,24H2,(H,25,29)(H,26,30)/t18-,19-/m1/s1. The van der Waals surface area contributed by atoms with Gasteiger partial charge in [0.25, 0.3) is 17.7 Å². The Morgan fingerprint density at radius 1 is 1.34 bits per heavy atom. The van der Waals surface area contributed by atoms with Crippen LogP contribution in [-0.2, 0) is 27.4 Å². The highest BCUT2D eigenvalue weighted by atomic mass is 16.5. The van der Waals surface area contributed by atoms with Gasteiger partial charge in [-0.15, -0.1) is 0 Å². The number of nitrogens with two attached hydrogens (primary N) is 1.